The van der Waals surface area contributed by atoms with Crippen LogP contribution in [0.1, 0.15) is 27.6 Å². The average molecular weight is 329 g/mol. The van der Waals surface area contributed by atoms with E-state index in [2.05, 4.69) is 15.8 Å². The number of pyridine rings is 1. The summed E-state index contributed by atoms with van der Waals surface area (Å²) in [5, 5.41) is 0. The average Bonchev–Trinajstić information content (AvgIpc) is 2.64. The minimum Gasteiger partial charge on any atom is -0.491 e. The third kappa shape index (κ3) is 5.36. The molecule has 0 aliphatic rings. The Kier molecular flexibility index (Phi) is 6.73. The number of hydrogen-bond acceptors (Lipinski definition) is 5. The molecule has 1 heterocycles. The normalized spacial score (nSPS) is 10.0. The molecule has 2 aromatic rings. The van der Waals surface area contributed by atoms with Gasteiger partial charge < -0.3 is 9.47 Å². The number of hydrazine groups is 1. The Bertz CT molecular complexity index is 677. The molecule has 0 unspecified atom stereocenters. The highest BCUT2D eigenvalue weighted by molar-refractivity contribution is 5.99. The van der Waals surface area contributed by atoms with Crippen molar-refractivity contribution in [1.29, 1.82) is 0 Å². The molecule has 0 atom stereocenters. The fourth-order valence-corrected chi connectivity index (χ4v) is 1.85. The molecule has 0 fully saturated rings. The van der Waals surface area contributed by atoms with Gasteiger partial charge in [-0.1, -0.05) is 6.07 Å². The third-order valence-electron chi connectivity index (χ3n) is 3.03. The lowest BCUT2D eigenvalue weighted by molar-refractivity contribution is 0.0846. The van der Waals surface area contributed by atoms with Gasteiger partial charge >= 0.3 is 0 Å². The van der Waals surface area contributed by atoms with Gasteiger partial charge in [-0.3, -0.25) is 25.4 Å². The van der Waals surface area contributed by atoms with Crippen LogP contribution in [0.5, 0.6) is 5.75 Å². The monoisotopic (exact) mass is 329 g/mol. The van der Waals surface area contributed by atoms with Crippen LogP contribution in [0.3, 0.4) is 0 Å². The van der Waals surface area contributed by atoms with E-state index in [-0.39, 0.29) is 0 Å². The Morgan fingerprint density at radius 2 is 1.71 bits per heavy atom. The zero-order chi connectivity index (χ0) is 17.2. The molecule has 0 aliphatic heterocycles. The van der Waals surface area contributed by atoms with Crippen molar-refractivity contribution in [2.75, 3.05) is 19.8 Å². The number of hydrogen-bond donors (Lipinski definition) is 2. The van der Waals surface area contributed by atoms with Crippen molar-refractivity contribution in [3.05, 3.63) is 59.9 Å². The van der Waals surface area contributed by atoms with Crippen LogP contribution in [-0.2, 0) is 4.74 Å². The van der Waals surface area contributed by atoms with E-state index in [0.717, 1.165) is 0 Å². The smallest absolute Gasteiger partial charge is 0.269 e. The lowest BCUT2D eigenvalue weighted by atomic mass is 10.2. The number of benzene rings is 1. The summed E-state index contributed by atoms with van der Waals surface area (Å²) in [6, 6.07) is 9.78. The number of carbonyl (C=O) groups is 2. The number of carbonyl (C=O) groups excluding carboxylic acids is 2. The molecule has 24 heavy (non-hydrogen) atoms. The number of nitrogens with zero attached hydrogens (tertiary/aromatic N) is 1. The molecule has 2 N–H and O–H groups in total. The molecular weight excluding hydrogens is 310 g/mol. The van der Waals surface area contributed by atoms with Gasteiger partial charge in [0.2, 0.25) is 0 Å². The van der Waals surface area contributed by atoms with Gasteiger partial charge in [-0.2, -0.15) is 0 Å². The van der Waals surface area contributed by atoms with Crippen molar-refractivity contribution in [3.8, 4) is 5.75 Å². The summed E-state index contributed by atoms with van der Waals surface area (Å²) in [5.74, 6) is -0.301. The predicted octanol–water partition coefficient (Wildman–Crippen LogP) is 1.57. The van der Waals surface area contributed by atoms with E-state index >= 15 is 0 Å². The van der Waals surface area contributed by atoms with Crippen molar-refractivity contribution in [2.24, 2.45) is 0 Å². The Hall–Kier alpha value is -2.93. The summed E-state index contributed by atoms with van der Waals surface area (Å²) in [4.78, 5) is 27.8. The topological polar surface area (TPSA) is 89.5 Å². The van der Waals surface area contributed by atoms with Crippen LogP contribution in [0.2, 0.25) is 0 Å². The molecule has 0 aliphatic carbocycles. The minimum atomic E-state index is -0.437. The van der Waals surface area contributed by atoms with E-state index in [1.165, 1.54) is 12.4 Å². The van der Waals surface area contributed by atoms with Crippen LogP contribution in [-0.4, -0.2) is 36.6 Å². The van der Waals surface area contributed by atoms with E-state index in [0.29, 0.717) is 36.7 Å². The van der Waals surface area contributed by atoms with Crippen molar-refractivity contribution in [2.45, 2.75) is 6.92 Å². The van der Waals surface area contributed by atoms with Crippen LogP contribution in [0.25, 0.3) is 0 Å². The molecule has 2 amide bonds. The second-order valence-corrected chi connectivity index (χ2v) is 4.72. The highest BCUT2D eigenvalue weighted by Crippen LogP contribution is 2.13. The van der Waals surface area contributed by atoms with Gasteiger partial charge in [0.15, 0.2) is 0 Å². The van der Waals surface area contributed by atoms with E-state index in [1.54, 1.807) is 36.4 Å². The molecule has 7 heteroatoms. The molecule has 1 aromatic heterocycles. The van der Waals surface area contributed by atoms with Gasteiger partial charge in [-0.05, 0) is 37.3 Å². The van der Waals surface area contributed by atoms with E-state index in [1.807, 2.05) is 6.92 Å². The minimum absolute atomic E-state index is 0.374. The largest absolute Gasteiger partial charge is 0.491 e. The molecule has 7 nitrogen and oxygen atoms in total. The fraction of sp³-hybridized carbons (Fsp3) is 0.235. The summed E-state index contributed by atoms with van der Waals surface area (Å²) in [6.07, 6.45) is 3.00. The number of ether oxygens (including phenoxy) is 2. The highest BCUT2D eigenvalue weighted by Gasteiger charge is 2.09. The first kappa shape index (κ1) is 17.4. The molecular formula is C17H19N3O4. The van der Waals surface area contributed by atoms with Gasteiger partial charge in [0.1, 0.15) is 12.4 Å². The molecule has 1 aromatic carbocycles. The standard InChI is InChI=1S/C17H19N3O4/c1-2-23-10-11-24-15-5-3-4-14(12-15)17(22)20-19-16(21)13-6-8-18-9-7-13/h3-9,12H,2,10-11H2,1H3,(H,19,21)(H,20,22). The maximum absolute atomic E-state index is 12.1. The van der Waals surface area contributed by atoms with E-state index < -0.39 is 11.8 Å². The summed E-state index contributed by atoms with van der Waals surface area (Å²) < 4.78 is 10.7. The third-order valence-corrected chi connectivity index (χ3v) is 3.03. The van der Waals surface area contributed by atoms with Gasteiger partial charge in [0.05, 0.1) is 6.61 Å². The van der Waals surface area contributed by atoms with Gasteiger partial charge in [0, 0.05) is 30.1 Å². The molecule has 0 saturated heterocycles. The summed E-state index contributed by atoms with van der Waals surface area (Å²) in [5.41, 5.74) is 5.49. The van der Waals surface area contributed by atoms with Crippen molar-refractivity contribution >= 4 is 11.8 Å². The quantitative estimate of drug-likeness (QED) is 0.594. The SMILES string of the molecule is CCOCCOc1cccc(C(=O)NNC(=O)c2ccncc2)c1. The number of aromatic nitrogens is 1. The zero-order valence-corrected chi connectivity index (χ0v) is 13.3. The maximum Gasteiger partial charge on any atom is 0.269 e. The van der Waals surface area contributed by atoms with E-state index in [9.17, 15) is 9.59 Å². The highest BCUT2D eigenvalue weighted by atomic mass is 16.5. The Morgan fingerprint density at radius 3 is 2.42 bits per heavy atom. The zero-order valence-electron chi connectivity index (χ0n) is 13.3. The molecule has 126 valence electrons. The van der Waals surface area contributed by atoms with Crippen LogP contribution in [0.15, 0.2) is 48.8 Å². The van der Waals surface area contributed by atoms with Crippen molar-refractivity contribution in [1.82, 2.24) is 15.8 Å². The molecule has 0 spiro atoms. The second-order valence-electron chi connectivity index (χ2n) is 4.72. The summed E-state index contributed by atoms with van der Waals surface area (Å²) in [7, 11) is 0. The first-order valence-corrected chi connectivity index (χ1v) is 7.52. The van der Waals surface area contributed by atoms with Crippen LogP contribution in [0.4, 0.5) is 0 Å². The summed E-state index contributed by atoms with van der Waals surface area (Å²) >= 11 is 0. The first-order valence-electron chi connectivity index (χ1n) is 7.52. The molecule has 0 saturated carbocycles. The summed E-state index contributed by atoms with van der Waals surface area (Å²) in [6.45, 7) is 3.42. The second kappa shape index (κ2) is 9.26. The molecule has 0 radical (unpaired) electrons. The van der Waals surface area contributed by atoms with Crippen LogP contribution >= 0.6 is 0 Å². The van der Waals surface area contributed by atoms with Crippen molar-refractivity contribution < 1.29 is 19.1 Å². The van der Waals surface area contributed by atoms with Crippen LogP contribution < -0.4 is 15.6 Å². The van der Waals surface area contributed by atoms with E-state index in [4.69, 9.17) is 9.47 Å². The lowest BCUT2D eigenvalue weighted by Gasteiger charge is -2.09. The Morgan fingerprint density at radius 1 is 1.00 bits per heavy atom. The molecule has 2 rings (SSSR count). The number of rotatable bonds is 7. The number of nitrogens with one attached hydrogen (secondary N) is 2. The van der Waals surface area contributed by atoms with Gasteiger partial charge in [-0.15, -0.1) is 0 Å². The fourth-order valence-electron chi connectivity index (χ4n) is 1.85. The van der Waals surface area contributed by atoms with Crippen LogP contribution in [0, 0.1) is 0 Å². The molecule has 0 bridgehead atoms. The Labute approximate surface area is 140 Å². The van der Waals surface area contributed by atoms with Gasteiger partial charge in [-0.25, -0.2) is 0 Å². The van der Waals surface area contributed by atoms with Crippen molar-refractivity contribution in [3.63, 3.8) is 0 Å². The first-order chi connectivity index (χ1) is 11.7. The lowest BCUT2D eigenvalue weighted by Crippen LogP contribution is -2.41. The van der Waals surface area contributed by atoms with Gasteiger partial charge in [0.25, 0.3) is 11.8 Å². The number of amides is 2. The predicted molar refractivity (Wildman–Crippen MR) is 87.6 cm³/mol. The Balaban J connectivity index is 1.87. The maximum atomic E-state index is 12.1.